The summed E-state index contributed by atoms with van der Waals surface area (Å²) in [6.07, 6.45) is 0. The van der Waals surface area contributed by atoms with Crippen molar-refractivity contribution in [3.63, 3.8) is 0 Å². The molecule has 0 radical (unpaired) electrons. The van der Waals surface area contributed by atoms with Gasteiger partial charge in [-0.2, -0.15) is 0 Å². The number of benzene rings is 2. The Morgan fingerprint density at radius 2 is 1.92 bits per heavy atom. The zero-order valence-electron chi connectivity index (χ0n) is 9.95. The molecule has 0 aliphatic heterocycles. The maximum absolute atomic E-state index is 11.7. The lowest BCUT2D eigenvalue weighted by Crippen LogP contribution is -1.92. The summed E-state index contributed by atoms with van der Waals surface area (Å²) < 4.78 is 21.4. The van der Waals surface area contributed by atoms with Crippen molar-refractivity contribution in [2.45, 2.75) is 6.85 Å². The van der Waals surface area contributed by atoms with Crippen LogP contribution in [0.15, 0.2) is 42.5 Å². The van der Waals surface area contributed by atoms with Crippen LogP contribution in [-0.2, 0) is 0 Å². The lowest BCUT2D eigenvalue weighted by Gasteiger charge is -2.01. The molecule has 0 N–H and O–H groups in total. The van der Waals surface area contributed by atoms with E-state index in [9.17, 15) is 4.79 Å². The molecule has 0 saturated heterocycles. The largest absolute Gasteiger partial charge is 0.294 e. The van der Waals surface area contributed by atoms with E-state index in [0.29, 0.717) is 5.39 Å². The predicted octanol–water partition coefficient (Wildman–Crippen LogP) is 3.04. The van der Waals surface area contributed by atoms with Crippen molar-refractivity contribution >= 4 is 16.6 Å². The molecule has 1 heteroatoms. The van der Waals surface area contributed by atoms with E-state index in [2.05, 4.69) is 0 Å². The van der Waals surface area contributed by atoms with E-state index in [1.807, 2.05) is 18.2 Å². The molecular weight excluding hydrogens is 160 g/mol. The highest BCUT2D eigenvalue weighted by molar-refractivity contribution is 6.06. The molecule has 0 heterocycles. The highest BCUT2D eigenvalue weighted by Crippen LogP contribution is 2.18. The second-order valence-electron chi connectivity index (χ2n) is 2.86. The first-order valence-electron chi connectivity index (χ1n) is 5.53. The van der Waals surface area contributed by atoms with E-state index >= 15 is 0 Å². The smallest absolute Gasteiger partial charge is 0.160 e. The number of rotatable bonds is 1. The fourth-order valence-electron chi connectivity index (χ4n) is 1.42. The first kappa shape index (κ1) is 5.18. The topological polar surface area (TPSA) is 17.1 Å². The van der Waals surface area contributed by atoms with Crippen molar-refractivity contribution in [1.82, 2.24) is 0 Å². The number of ketones is 1. The van der Waals surface area contributed by atoms with Gasteiger partial charge in [0.25, 0.3) is 0 Å². The van der Waals surface area contributed by atoms with Crippen LogP contribution in [0.2, 0.25) is 0 Å². The van der Waals surface area contributed by atoms with Crippen molar-refractivity contribution in [2.24, 2.45) is 0 Å². The third-order valence-electron chi connectivity index (χ3n) is 2.03. The standard InChI is InChI=1S/C12H10O/c1-9(13)11-8-4-6-10-5-2-3-7-12(10)11/h2-8H,1H3/i1D3. The summed E-state index contributed by atoms with van der Waals surface area (Å²) in [6, 6.07) is 12.4. The Morgan fingerprint density at radius 3 is 2.77 bits per heavy atom. The lowest BCUT2D eigenvalue weighted by atomic mass is 10.0. The predicted molar refractivity (Wildman–Crippen MR) is 54.0 cm³/mol. The van der Waals surface area contributed by atoms with Gasteiger partial charge in [0, 0.05) is 9.68 Å². The van der Waals surface area contributed by atoms with Crippen LogP contribution in [0.1, 0.15) is 21.3 Å². The number of hydrogen-bond donors (Lipinski definition) is 0. The molecule has 0 amide bonds. The van der Waals surface area contributed by atoms with Gasteiger partial charge in [-0.05, 0) is 17.6 Å². The Balaban J connectivity index is 2.66. The zero-order chi connectivity index (χ0) is 11.8. The number of carbonyl (C=O) groups is 1. The summed E-state index contributed by atoms with van der Waals surface area (Å²) in [7, 11) is 0. The van der Waals surface area contributed by atoms with Crippen LogP contribution in [-0.4, -0.2) is 5.78 Å². The Hall–Kier alpha value is -1.63. The quantitative estimate of drug-likeness (QED) is 0.606. The maximum atomic E-state index is 11.7. The third kappa shape index (κ3) is 1.33. The Kier molecular flexibility index (Phi) is 1.20. The first-order valence-corrected chi connectivity index (χ1v) is 4.03. The molecule has 0 saturated carbocycles. The van der Waals surface area contributed by atoms with Gasteiger partial charge in [0.05, 0.1) is 0 Å². The van der Waals surface area contributed by atoms with Crippen molar-refractivity contribution in [1.29, 1.82) is 0 Å². The van der Waals surface area contributed by atoms with Gasteiger partial charge in [0.15, 0.2) is 5.78 Å². The van der Waals surface area contributed by atoms with Crippen LogP contribution in [0.4, 0.5) is 0 Å². The van der Waals surface area contributed by atoms with Gasteiger partial charge in [-0.3, -0.25) is 4.79 Å². The number of fused-ring (bicyclic) bond motifs is 1. The van der Waals surface area contributed by atoms with Crippen molar-refractivity contribution < 1.29 is 8.91 Å². The molecule has 1 nitrogen and oxygen atoms in total. The molecular formula is C12H10O. The minimum atomic E-state index is -2.58. The van der Waals surface area contributed by atoms with Crippen LogP contribution in [0, 0.1) is 0 Å². The molecule has 2 aromatic carbocycles. The summed E-state index contributed by atoms with van der Waals surface area (Å²) in [5.41, 5.74) is 0.262. The van der Waals surface area contributed by atoms with Crippen molar-refractivity contribution in [3.8, 4) is 0 Å². The van der Waals surface area contributed by atoms with Crippen LogP contribution >= 0.6 is 0 Å². The van der Waals surface area contributed by atoms with Crippen LogP contribution in [0.25, 0.3) is 10.8 Å². The van der Waals surface area contributed by atoms with Gasteiger partial charge < -0.3 is 0 Å². The molecule has 0 atom stereocenters. The van der Waals surface area contributed by atoms with Gasteiger partial charge in [0.1, 0.15) is 0 Å². The van der Waals surface area contributed by atoms with Crippen LogP contribution in [0.3, 0.4) is 0 Å². The molecule has 0 aliphatic carbocycles. The fraction of sp³-hybridized carbons (Fsp3) is 0.0833. The fourth-order valence-corrected chi connectivity index (χ4v) is 1.42. The van der Waals surface area contributed by atoms with Crippen molar-refractivity contribution in [3.05, 3.63) is 48.0 Å². The van der Waals surface area contributed by atoms with Crippen LogP contribution in [0.5, 0.6) is 0 Å². The zero-order valence-corrected chi connectivity index (χ0v) is 6.95. The van der Waals surface area contributed by atoms with Gasteiger partial charge in [0.2, 0.25) is 0 Å². The van der Waals surface area contributed by atoms with E-state index in [1.165, 1.54) is 0 Å². The minimum absolute atomic E-state index is 0.262. The molecule has 0 aromatic heterocycles. The van der Waals surface area contributed by atoms with Gasteiger partial charge >= 0.3 is 0 Å². The first-order chi connectivity index (χ1) is 7.50. The summed E-state index contributed by atoms with van der Waals surface area (Å²) in [6.45, 7) is -2.58. The van der Waals surface area contributed by atoms with E-state index in [0.717, 1.165) is 5.39 Å². The van der Waals surface area contributed by atoms with E-state index < -0.39 is 12.6 Å². The average Bonchev–Trinajstić information content (AvgIpc) is 2.26. The third-order valence-corrected chi connectivity index (χ3v) is 2.03. The maximum Gasteiger partial charge on any atom is 0.160 e. The molecule has 0 aliphatic rings. The van der Waals surface area contributed by atoms with Crippen LogP contribution < -0.4 is 0 Å². The van der Waals surface area contributed by atoms with Gasteiger partial charge in [-0.15, -0.1) is 0 Å². The average molecular weight is 173 g/mol. The lowest BCUT2D eigenvalue weighted by molar-refractivity contribution is 0.101. The Morgan fingerprint density at radius 1 is 1.15 bits per heavy atom. The number of hydrogen-bond acceptors (Lipinski definition) is 1. The summed E-state index contributed by atoms with van der Waals surface area (Å²) in [5, 5.41) is 1.56. The summed E-state index contributed by atoms with van der Waals surface area (Å²) in [4.78, 5) is 11.7. The monoisotopic (exact) mass is 173 g/mol. The normalized spacial score (nSPS) is 14.6. The van der Waals surface area contributed by atoms with Crippen molar-refractivity contribution in [2.75, 3.05) is 0 Å². The second-order valence-corrected chi connectivity index (χ2v) is 2.86. The Bertz CT molecular complexity index is 538. The minimum Gasteiger partial charge on any atom is -0.294 e. The molecule has 0 spiro atoms. The van der Waals surface area contributed by atoms with E-state index in [4.69, 9.17) is 4.11 Å². The highest BCUT2D eigenvalue weighted by atomic mass is 16.1. The van der Waals surface area contributed by atoms with Gasteiger partial charge in [-0.1, -0.05) is 42.5 Å². The molecule has 0 unspecified atom stereocenters. The molecule has 2 aromatic rings. The molecule has 2 rings (SSSR count). The van der Waals surface area contributed by atoms with Gasteiger partial charge in [-0.25, -0.2) is 0 Å². The van der Waals surface area contributed by atoms with E-state index in [1.54, 1.807) is 24.3 Å². The molecule has 0 bridgehead atoms. The number of carbonyl (C=O) groups excluding carboxylic acids is 1. The van der Waals surface area contributed by atoms with E-state index in [-0.39, 0.29) is 5.56 Å². The molecule has 13 heavy (non-hydrogen) atoms. The number of Topliss-reactive ketones (excluding diaryl/α,β-unsaturated/α-hetero) is 1. The second kappa shape index (κ2) is 3.02. The molecule has 64 valence electrons. The Labute approximate surface area is 81.2 Å². The SMILES string of the molecule is [2H]C([2H])([2H])C(=O)c1cccc2ccccc12. The summed E-state index contributed by atoms with van der Waals surface area (Å²) >= 11 is 0. The highest BCUT2D eigenvalue weighted by Gasteiger charge is 2.02. The molecule has 0 fully saturated rings. The summed E-state index contributed by atoms with van der Waals surface area (Å²) in [5.74, 6) is -0.802.